The Morgan fingerprint density at radius 1 is 1.85 bits per heavy atom. The fraction of sp³-hybridized carbons (Fsp3) is 0.750. The molecule has 13 heavy (non-hydrogen) atoms. The van der Waals surface area contributed by atoms with Crippen LogP contribution in [0.3, 0.4) is 0 Å². The molecular formula is C8H12N2O3. The van der Waals surface area contributed by atoms with Gasteiger partial charge in [0, 0.05) is 0 Å². The van der Waals surface area contributed by atoms with E-state index in [1.165, 1.54) is 6.26 Å². The zero-order chi connectivity index (χ0) is 9.84. The number of nitrogens with one attached hydrogen (secondary N) is 1. The molecule has 1 aliphatic heterocycles. The summed E-state index contributed by atoms with van der Waals surface area (Å²) in [6, 6.07) is -0.449. The molecule has 0 aliphatic carbocycles. The molecule has 0 bridgehead atoms. The molecule has 1 aliphatic rings. The standard InChI is InChI=1S/C8H12N2O3/c1-3-6(8(11)12-4-9)10-7-5(2)13-7/h5-7,10H,3H2,1-2H3. The molecule has 0 spiro atoms. The van der Waals surface area contributed by atoms with Gasteiger partial charge in [-0.2, -0.15) is 0 Å². The zero-order valence-corrected chi connectivity index (χ0v) is 7.61. The van der Waals surface area contributed by atoms with Gasteiger partial charge in [-0.15, -0.1) is 5.26 Å². The van der Waals surface area contributed by atoms with E-state index in [4.69, 9.17) is 10.00 Å². The summed E-state index contributed by atoms with van der Waals surface area (Å²) in [5.41, 5.74) is 0. The predicted octanol–water partition coefficient (Wildman–Crippen LogP) is 0.124. The number of hydrogen-bond donors (Lipinski definition) is 1. The third-order valence-electron chi connectivity index (χ3n) is 1.92. The van der Waals surface area contributed by atoms with Crippen molar-refractivity contribution in [2.75, 3.05) is 0 Å². The highest BCUT2D eigenvalue weighted by atomic mass is 16.6. The highest BCUT2D eigenvalue weighted by molar-refractivity contribution is 5.76. The first kappa shape index (κ1) is 9.96. The first-order chi connectivity index (χ1) is 6.19. The summed E-state index contributed by atoms with van der Waals surface area (Å²) in [5.74, 6) is -0.548. The number of nitrogens with zero attached hydrogens (tertiary/aromatic N) is 1. The van der Waals surface area contributed by atoms with Gasteiger partial charge in [-0.1, -0.05) is 6.92 Å². The summed E-state index contributed by atoms with van der Waals surface area (Å²) < 4.78 is 9.28. The van der Waals surface area contributed by atoms with Crippen LogP contribution in [0.4, 0.5) is 0 Å². The van der Waals surface area contributed by atoms with E-state index in [1.54, 1.807) is 0 Å². The van der Waals surface area contributed by atoms with Crippen LogP contribution in [-0.2, 0) is 14.3 Å². The molecule has 5 nitrogen and oxygen atoms in total. The molecule has 72 valence electrons. The third kappa shape index (κ3) is 2.68. The summed E-state index contributed by atoms with van der Waals surface area (Å²) in [5, 5.41) is 11.1. The molecule has 3 atom stereocenters. The molecule has 0 aromatic rings. The van der Waals surface area contributed by atoms with Crippen LogP contribution >= 0.6 is 0 Å². The van der Waals surface area contributed by atoms with Crippen molar-refractivity contribution < 1.29 is 14.3 Å². The Kier molecular flexibility index (Phi) is 3.23. The maximum absolute atomic E-state index is 11.1. The van der Waals surface area contributed by atoms with Gasteiger partial charge in [0.15, 0.2) is 0 Å². The minimum atomic E-state index is -0.548. The van der Waals surface area contributed by atoms with Gasteiger partial charge in [-0.05, 0) is 13.3 Å². The van der Waals surface area contributed by atoms with Crippen LogP contribution in [0.1, 0.15) is 20.3 Å². The summed E-state index contributed by atoms with van der Waals surface area (Å²) in [4.78, 5) is 11.1. The molecular weight excluding hydrogens is 172 g/mol. The summed E-state index contributed by atoms with van der Waals surface area (Å²) in [6.45, 7) is 3.74. The van der Waals surface area contributed by atoms with E-state index in [0.717, 1.165) is 0 Å². The van der Waals surface area contributed by atoms with Crippen molar-refractivity contribution in [3.8, 4) is 6.26 Å². The van der Waals surface area contributed by atoms with Gasteiger partial charge in [-0.3, -0.25) is 5.32 Å². The topological polar surface area (TPSA) is 74.7 Å². The average Bonchev–Trinajstić information content (AvgIpc) is 2.78. The lowest BCUT2D eigenvalue weighted by atomic mass is 10.2. The molecule has 1 rings (SSSR count). The lowest BCUT2D eigenvalue weighted by Crippen LogP contribution is -2.39. The number of hydrogen-bond acceptors (Lipinski definition) is 5. The number of esters is 1. The Morgan fingerprint density at radius 2 is 2.46 bits per heavy atom. The van der Waals surface area contributed by atoms with Crippen molar-refractivity contribution in [1.29, 1.82) is 5.26 Å². The smallest absolute Gasteiger partial charge is 0.338 e. The lowest BCUT2D eigenvalue weighted by molar-refractivity contribution is -0.139. The fourth-order valence-electron chi connectivity index (χ4n) is 1.03. The average molecular weight is 184 g/mol. The number of ether oxygens (including phenoxy) is 2. The van der Waals surface area contributed by atoms with Crippen LogP contribution < -0.4 is 5.32 Å². The van der Waals surface area contributed by atoms with E-state index < -0.39 is 12.0 Å². The van der Waals surface area contributed by atoms with Gasteiger partial charge >= 0.3 is 5.97 Å². The predicted molar refractivity (Wildman–Crippen MR) is 43.3 cm³/mol. The van der Waals surface area contributed by atoms with Crippen LogP contribution in [0.15, 0.2) is 0 Å². The SMILES string of the molecule is CCC(NC1OC1C)C(=O)OC#N. The van der Waals surface area contributed by atoms with Gasteiger partial charge in [0.05, 0.1) is 6.10 Å². The second-order valence-corrected chi connectivity index (χ2v) is 2.90. The minimum Gasteiger partial charge on any atom is -0.354 e. The quantitative estimate of drug-likeness (QED) is 0.381. The van der Waals surface area contributed by atoms with Crippen LogP contribution in [-0.4, -0.2) is 24.3 Å². The summed E-state index contributed by atoms with van der Waals surface area (Å²) in [6.07, 6.45) is 2.00. The maximum atomic E-state index is 11.1. The number of carbonyl (C=O) groups excluding carboxylic acids is 1. The summed E-state index contributed by atoms with van der Waals surface area (Å²) >= 11 is 0. The third-order valence-corrected chi connectivity index (χ3v) is 1.92. The van der Waals surface area contributed by atoms with Crippen molar-refractivity contribution in [1.82, 2.24) is 5.32 Å². The van der Waals surface area contributed by atoms with Crippen molar-refractivity contribution in [2.24, 2.45) is 0 Å². The molecule has 0 aromatic carbocycles. The molecule has 1 N–H and O–H groups in total. The van der Waals surface area contributed by atoms with Gasteiger partial charge in [0.1, 0.15) is 12.3 Å². The monoisotopic (exact) mass is 184 g/mol. The molecule has 0 aromatic heterocycles. The highest BCUT2D eigenvalue weighted by Gasteiger charge is 2.37. The van der Waals surface area contributed by atoms with Crippen LogP contribution in [0, 0.1) is 11.5 Å². The molecule has 0 amide bonds. The van der Waals surface area contributed by atoms with Gasteiger partial charge < -0.3 is 9.47 Å². The van der Waals surface area contributed by atoms with E-state index in [9.17, 15) is 4.79 Å². The fourth-order valence-corrected chi connectivity index (χ4v) is 1.03. The van der Waals surface area contributed by atoms with Crippen molar-refractivity contribution >= 4 is 5.97 Å². The molecule has 1 fully saturated rings. The van der Waals surface area contributed by atoms with Crippen LogP contribution in [0.5, 0.6) is 0 Å². The van der Waals surface area contributed by atoms with Crippen molar-refractivity contribution in [2.45, 2.75) is 38.6 Å². The van der Waals surface area contributed by atoms with E-state index >= 15 is 0 Å². The van der Waals surface area contributed by atoms with Crippen molar-refractivity contribution in [3.05, 3.63) is 0 Å². The first-order valence-electron chi connectivity index (χ1n) is 4.20. The van der Waals surface area contributed by atoms with Gasteiger partial charge in [0.2, 0.25) is 0 Å². The Morgan fingerprint density at radius 3 is 2.85 bits per heavy atom. The zero-order valence-electron chi connectivity index (χ0n) is 7.61. The lowest BCUT2D eigenvalue weighted by Gasteiger charge is -2.10. The van der Waals surface area contributed by atoms with E-state index in [0.29, 0.717) is 6.42 Å². The molecule has 0 radical (unpaired) electrons. The molecule has 0 saturated carbocycles. The highest BCUT2D eigenvalue weighted by Crippen LogP contribution is 2.18. The van der Waals surface area contributed by atoms with E-state index in [2.05, 4.69) is 10.1 Å². The first-order valence-corrected chi connectivity index (χ1v) is 4.20. The van der Waals surface area contributed by atoms with E-state index in [-0.39, 0.29) is 12.3 Å². The second-order valence-electron chi connectivity index (χ2n) is 2.90. The molecule has 3 unspecified atom stereocenters. The summed E-state index contributed by atoms with van der Waals surface area (Å²) in [7, 11) is 0. The maximum Gasteiger partial charge on any atom is 0.338 e. The second kappa shape index (κ2) is 4.21. The molecule has 1 heterocycles. The Balaban J connectivity index is 2.34. The number of epoxide rings is 1. The Hall–Kier alpha value is -1.12. The van der Waals surface area contributed by atoms with Crippen LogP contribution in [0.2, 0.25) is 0 Å². The number of nitriles is 1. The van der Waals surface area contributed by atoms with E-state index in [1.807, 2.05) is 13.8 Å². The molecule has 1 saturated heterocycles. The molecule has 5 heteroatoms. The van der Waals surface area contributed by atoms with Crippen LogP contribution in [0.25, 0.3) is 0 Å². The van der Waals surface area contributed by atoms with Gasteiger partial charge in [-0.25, -0.2) is 4.79 Å². The van der Waals surface area contributed by atoms with Gasteiger partial charge in [0.25, 0.3) is 6.26 Å². The number of carbonyl (C=O) groups is 1. The number of rotatable bonds is 4. The minimum absolute atomic E-state index is 0.0730. The Bertz CT molecular complexity index is 236. The Labute approximate surface area is 76.6 Å². The normalized spacial score (nSPS) is 27.5. The van der Waals surface area contributed by atoms with Crippen molar-refractivity contribution in [3.63, 3.8) is 0 Å². The largest absolute Gasteiger partial charge is 0.354 e.